The normalized spacial score (nSPS) is 10.3. The molecule has 2 N–H and O–H groups in total. The van der Waals surface area contributed by atoms with Crippen LogP contribution in [-0.4, -0.2) is 43.5 Å². The van der Waals surface area contributed by atoms with Gasteiger partial charge in [-0.25, -0.2) is 0 Å². The Bertz CT molecular complexity index is 805. The van der Waals surface area contributed by atoms with E-state index >= 15 is 0 Å². The average molecular weight is 404 g/mol. The monoisotopic (exact) mass is 403 g/mol. The zero-order chi connectivity index (χ0) is 20.5. The number of halogens is 1. The SMILES string of the molecule is CCN(CC)C(=O)c1ccc(NC(=O)CCNc2cc(Cl)ccc2OC)cc1. The van der Waals surface area contributed by atoms with Crippen molar-refractivity contribution < 1.29 is 14.3 Å². The molecule has 0 aliphatic carbocycles. The van der Waals surface area contributed by atoms with E-state index in [4.69, 9.17) is 16.3 Å². The van der Waals surface area contributed by atoms with Crippen LogP contribution in [0.5, 0.6) is 5.75 Å². The van der Waals surface area contributed by atoms with E-state index in [0.717, 1.165) is 5.69 Å². The molecule has 6 nitrogen and oxygen atoms in total. The van der Waals surface area contributed by atoms with Crippen molar-refractivity contribution in [3.05, 3.63) is 53.1 Å². The molecule has 28 heavy (non-hydrogen) atoms. The molecule has 0 saturated heterocycles. The second kappa shape index (κ2) is 10.6. The number of methoxy groups -OCH3 is 1. The Hall–Kier alpha value is -2.73. The van der Waals surface area contributed by atoms with Gasteiger partial charge in [0.1, 0.15) is 5.75 Å². The summed E-state index contributed by atoms with van der Waals surface area (Å²) in [4.78, 5) is 26.2. The highest BCUT2D eigenvalue weighted by molar-refractivity contribution is 6.30. The molecule has 2 aromatic rings. The molecule has 0 bridgehead atoms. The van der Waals surface area contributed by atoms with Crippen LogP contribution in [0.1, 0.15) is 30.6 Å². The molecule has 2 rings (SSSR count). The summed E-state index contributed by atoms with van der Waals surface area (Å²) in [6, 6.07) is 12.2. The topological polar surface area (TPSA) is 70.7 Å². The van der Waals surface area contributed by atoms with Crippen molar-refractivity contribution >= 4 is 34.8 Å². The minimum Gasteiger partial charge on any atom is -0.495 e. The third kappa shape index (κ3) is 5.89. The average Bonchev–Trinajstić information content (AvgIpc) is 2.69. The summed E-state index contributed by atoms with van der Waals surface area (Å²) in [5.74, 6) is 0.525. The molecule has 0 fully saturated rings. The van der Waals surface area contributed by atoms with Crippen LogP contribution >= 0.6 is 11.6 Å². The molecule has 2 aromatic carbocycles. The Balaban J connectivity index is 1.86. The maximum atomic E-state index is 12.3. The molecule has 7 heteroatoms. The fourth-order valence-electron chi connectivity index (χ4n) is 2.74. The quantitative estimate of drug-likeness (QED) is 0.655. The van der Waals surface area contributed by atoms with Crippen LogP contribution in [0, 0.1) is 0 Å². The van der Waals surface area contributed by atoms with Gasteiger partial charge in [-0.15, -0.1) is 0 Å². The molecule has 150 valence electrons. The number of anilines is 2. The number of carbonyl (C=O) groups is 2. The number of nitrogens with zero attached hydrogens (tertiary/aromatic N) is 1. The number of carbonyl (C=O) groups excluding carboxylic acids is 2. The van der Waals surface area contributed by atoms with E-state index in [1.807, 2.05) is 13.8 Å². The van der Waals surface area contributed by atoms with Crippen LogP contribution in [-0.2, 0) is 4.79 Å². The van der Waals surface area contributed by atoms with Gasteiger partial charge in [-0.2, -0.15) is 0 Å². The Morgan fingerprint density at radius 2 is 1.75 bits per heavy atom. The van der Waals surface area contributed by atoms with Gasteiger partial charge in [0.25, 0.3) is 5.91 Å². The fourth-order valence-corrected chi connectivity index (χ4v) is 2.91. The van der Waals surface area contributed by atoms with Gasteiger partial charge in [-0.05, 0) is 56.3 Å². The van der Waals surface area contributed by atoms with E-state index < -0.39 is 0 Å². The van der Waals surface area contributed by atoms with Crippen LogP contribution < -0.4 is 15.4 Å². The summed E-state index contributed by atoms with van der Waals surface area (Å²) < 4.78 is 5.26. The molecule has 0 spiro atoms. The van der Waals surface area contributed by atoms with E-state index in [-0.39, 0.29) is 18.2 Å². The molecule has 2 amide bonds. The lowest BCUT2D eigenvalue weighted by Crippen LogP contribution is -2.30. The number of benzene rings is 2. The summed E-state index contributed by atoms with van der Waals surface area (Å²) in [6.07, 6.45) is 0.274. The van der Waals surface area contributed by atoms with Crippen molar-refractivity contribution in [1.82, 2.24) is 4.90 Å². The maximum Gasteiger partial charge on any atom is 0.253 e. The zero-order valence-electron chi connectivity index (χ0n) is 16.4. The van der Waals surface area contributed by atoms with Gasteiger partial charge in [0.15, 0.2) is 0 Å². The number of hydrogen-bond donors (Lipinski definition) is 2. The first-order chi connectivity index (χ1) is 13.5. The first-order valence-corrected chi connectivity index (χ1v) is 9.62. The summed E-state index contributed by atoms with van der Waals surface area (Å²) in [5.41, 5.74) is 2.00. The molecule has 0 aliphatic heterocycles. The van der Waals surface area contributed by atoms with Crippen molar-refractivity contribution in [1.29, 1.82) is 0 Å². The highest BCUT2D eigenvalue weighted by Gasteiger charge is 2.12. The molecule has 0 unspecified atom stereocenters. The number of nitrogens with one attached hydrogen (secondary N) is 2. The highest BCUT2D eigenvalue weighted by atomic mass is 35.5. The van der Waals surface area contributed by atoms with Gasteiger partial charge < -0.3 is 20.3 Å². The summed E-state index contributed by atoms with van der Waals surface area (Å²) in [7, 11) is 1.58. The van der Waals surface area contributed by atoms with Crippen molar-refractivity contribution in [2.75, 3.05) is 37.4 Å². The third-order valence-corrected chi connectivity index (χ3v) is 4.53. The van der Waals surface area contributed by atoms with Crippen LogP contribution in [0.2, 0.25) is 5.02 Å². The predicted octanol–water partition coefficient (Wildman–Crippen LogP) is 4.27. The van der Waals surface area contributed by atoms with Crippen LogP contribution in [0.4, 0.5) is 11.4 Å². The minimum atomic E-state index is -0.128. The lowest BCUT2D eigenvalue weighted by Gasteiger charge is -2.18. The maximum absolute atomic E-state index is 12.3. The molecule has 0 aliphatic rings. The fraction of sp³-hybridized carbons (Fsp3) is 0.333. The molecule has 0 heterocycles. The summed E-state index contributed by atoms with van der Waals surface area (Å²) in [5, 5.41) is 6.57. The molecular weight excluding hydrogens is 378 g/mol. The van der Waals surface area contributed by atoms with E-state index in [2.05, 4.69) is 10.6 Å². The molecule has 0 saturated carbocycles. The number of hydrogen-bond acceptors (Lipinski definition) is 4. The zero-order valence-corrected chi connectivity index (χ0v) is 17.2. The Morgan fingerprint density at radius 1 is 1.07 bits per heavy atom. The highest BCUT2D eigenvalue weighted by Crippen LogP contribution is 2.27. The smallest absolute Gasteiger partial charge is 0.253 e. The first-order valence-electron chi connectivity index (χ1n) is 9.25. The van der Waals surface area contributed by atoms with Crippen molar-refractivity contribution in [3.63, 3.8) is 0 Å². The second-order valence-electron chi connectivity index (χ2n) is 6.12. The number of rotatable bonds is 9. The van der Waals surface area contributed by atoms with Crippen molar-refractivity contribution in [2.24, 2.45) is 0 Å². The summed E-state index contributed by atoms with van der Waals surface area (Å²) >= 11 is 5.99. The van der Waals surface area contributed by atoms with Gasteiger partial charge in [-0.3, -0.25) is 9.59 Å². The lowest BCUT2D eigenvalue weighted by molar-refractivity contribution is -0.115. The van der Waals surface area contributed by atoms with Crippen LogP contribution in [0.3, 0.4) is 0 Å². The molecule has 0 radical (unpaired) electrons. The summed E-state index contributed by atoms with van der Waals surface area (Å²) in [6.45, 7) is 5.66. The van der Waals surface area contributed by atoms with E-state index in [9.17, 15) is 9.59 Å². The van der Waals surface area contributed by atoms with Crippen molar-refractivity contribution in [2.45, 2.75) is 20.3 Å². The van der Waals surface area contributed by atoms with E-state index in [1.165, 1.54) is 0 Å². The predicted molar refractivity (Wildman–Crippen MR) is 113 cm³/mol. The van der Waals surface area contributed by atoms with Crippen molar-refractivity contribution in [3.8, 4) is 5.75 Å². The second-order valence-corrected chi connectivity index (χ2v) is 6.56. The lowest BCUT2D eigenvalue weighted by atomic mass is 10.1. The minimum absolute atomic E-state index is 0.0115. The van der Waals surface area contributed by atoms with Gasteiger partial charge in [0, 0.05) is 42.3 Å². The van der Waals surface area contributed by atoms with Crippen LogP contribution in [0.15, 0.2) is 42.5 Å². The molecule has 0 aromatic heterocycles. The Kier molecular flexibility index (Phi) is 8.14. The van der Waals surface area contributed by atoms with Gasteiger partial charge in [0.05, 0.1) is 12.8 Å². The first kappa shape index (κ1) is 21.6. The van der Waals surface area contributed by atoms with Gasteiger partial charge >= 0.3 is 0 Å². The number of amides is 2. The Labute approximate surface area is 170 Å². The van der Waals surface area contributed by atoms with E-state index in [1.54, 1.807) is 54.5 Å². The third-order valence-electron chi connectivity index (χ3n) is 4.30. The largest absolute Gasteiger partial charge is 0.495 e. The Morgan fingerprint density at radius 3 is 2.36 bits per heavy atom. The number of ether oxygens (including phenoxy) is 1. The van der Waals surface area contributed by atoms with Gasteiger partial charge in [-0.1, -0.05) is 11.6 Å². The van der Waals surface area contributed by atoms with Crippen LogP contribution in [0.25, 0.3) is 0 Å². The van der Waals surface area contributed by atoms with E-state index in [0.29, 0.717) is 41.7 Å². The standard InChI is InChI=1S/C21H26ClN3O3/c1-4-25(5-2)21(27)15-6-9-17(10-7-15)24-20(26)12-13-23-18-14-16(22)8-11-19(18)28-3/h6-11,14,23H,4-5,12-13H2,1-3H3,(H,24,26). The van der Waals surface area contributed by atoms with Gasteiger partial charge in [0.2, 0.25) is 5.91 Å². The molecular formula is C21H26ClN3O3. The molecule has 0 atom stereocenters.